The van der Waals surface area contributed by atoms with Crippen LogP contribution in [0.1, 0.15) is 81.5 Å². The van der Waals surface area contributed by atoms with E-state index in [2.05, 4.69) is 22.5 Å². The molecule has 0 aliphatic heterocycles. The van der Waals surface area contributed by atoms with E-state index in [0.29, 0.717) is 23.6 Å². The number of nitrogens with one attached hydrogen (secondary N) is 2. The molecular weight excluding hydrogens is 362 g/mol. The Bertz CT molecular complexity index is 747. The van der Waals surface area contributed by atoms with E-state index in [4.69, 9.17) is 0 Å². The van der Waals surface area contributed by atoms with Crippen molar-refractivity contribution in [2.24, 2.45) is 0 Å². The van der Waals surface area contributed by atoms with Crippen LogP contribution in [0.2, 0.25) is 0 Å². The van der Waals surface area contributed by atoms with Gasteiger partial charge in [0.25, 0.3) is 5.91 Å². The lowest BCUT2D eigenvalue weighted by atomic mass is 10.1. The van der Waals surface area contributed by atoms with Crippen molar-refractivity contribution in [3.63, 3.8) is 0 Å². The molecule has 0 saturated heterocycles. The highest BCUT2D eigenvalue weighted by Crippen LogP contribution is 2.13. The molecule has 2 amide bonds. The van der Waals surface area contributed by atoms with Gasteiger partial charge in [-0.3, -0.25) is 9.59 Å². The number of amides is 2. The average Bonchev–Trinajstić information content (AvgIpc) is 2.73. The number of carbonyl (C=O) groups excluding carboxylic acids is 2. The lowest BCUT2D eigenvalue weighted by molar-refractivity contribution is -0.116. The maximum absolute atomic E-state index is 12.2. The molecule has 156 valence electrons. The van der Waals surface area contributed by atoms with Crippen molar-refractivity contribution in [3.05, 3.63) is 54.1 Å². The summed E-state index contributed by atoms with van der Waals surface area (Å²) in [5.41, 5.74) is 0.564. The number of carbonyl (C=O) groups is 2. The normalized spacial score (nSPS) is 10.5. The molecule has 2 N–H and O–H groups in total. The summed E-state index contributed by atoms with van der Waals surface area (Å²) < 4.78 is 0. The van der Waals surface area contributed by atoms with Gasteiger partial charge in [-0.15, -0.1) is 0 Å². The van der Waals surface area contributed by atoms with Crippen molar-refractivity contribution in [1.29, 1.82) is 0 Å². The van der Waals surface area contributed by atoms with Gasteiger partial charge in [0.05, 0.1) is 0 Å². The molecule has 0 bridgehead atoms. The minimum absolute atomic E-state index is 0.0352. The van der Waals surface area contributed by atoms with Gasteiger partial charge in [0, 0.05) is 12.0 Å². The molecule has 1 aromatic carbocycles. The summed E-state index contributed by atoms with van der Waals surface area (Å²) in [4.78, 5) is 28.7. The van der Waals surface area contributed by atoms with E-state index in [1.54, 1.807) is 30.3 Å². The first-order valence-electron chi connectivity index (χ1n) is 10.8. The molecule has 0 fully saturated rings. The molecular formula is C24H33N3O2. The number of hydrogen-bond donors (Lipinski definition) is 2. The average molecular weight is 396 g/mol. The third-order valence-corrected chi connectivity index (χ3v) is 4.80. The van der Waals surface area contributed by atoms with E-state index in [0.717, 1.165) is 12.8 Å². The smallest absolute Gasteiger partial charge is 0.256 e. The minimum Gasteiger partial charge on any atom is -0.311 e. The molecule has 5 heteroatoms. The molecule has 5 nitrogen and oxygen atoms in total. The summed E-state index contributed by atoms with van der Waals surface area (Å²) in [5, 5.41) is 5.57. The van der Waals surface area contributed by atoms with Crippen molar-refractivity contribution in [2.45, 2.75) is 71.1 Å². The second-order valence-electron chi connectivity index (χ2n) is 7.35. The number of nitrogens with zero attached hydrogens (tertiary/aromatic N) is 1. The number of pyridine rings is 1. The van der Waals surface area contributed by atoms with Gasteiger partial charge in [-0.25, -0.2) is 4.98 Å². The van der Waals surface area contributed by atoms with Gasteiger partial charge >= 0.3 is 0 Å². The fourth-order valence-electron chi connectivity index (χ4n) is 3.15. The highest BCUT2D eigenvalue weighted by molar-refractivity contribution is 6.03. The Balaban J connectivity index is 1.66. The van der Waals surface area contributed by atoms with Crippen LogP contribution in [0, 0.1) is 0 Å². The molecule has 2 rings (SSSR count). The van der Waals surface area contributed by atoms with Crippen molar-refractivity contribution >= 4 is 23.5 Å². The third kappa shape index (κ3) is 9.37. The molecule has 2 aromatic rings. The summed E-state index contributed by atoms with van der Waals surface area (Å²) in [5.74, 6) is 0.611. The number of rotatable bonds is 13. The Labute approximate surface area is 174 Å². The maximum Gasteiger partial charge on any atom is 0.256 e. The van der Waals surface area contributed by atoms with Crippen LogP contribution in [-0.4, -0.2) is 16.8 Å². The number of benzene rings is 1. The van der Waals surface area contributed by atoms with Crippen LogP contribution in [0.4, 0.5) is 11.6 Å². The molecule has 0 aliphatic rings. The molecule has 1 aromatic heterocycles. The Morgan fingerprint density at radius 1 is 0.724 bits per heavy atom. The van der Waals surface area contributed by atoms with E-state index >= 15 is 0 Å². The summed E-state index contributed by atoms with van der Waals surface area (Å²) in [6, 6.07) is 14.2. The van der Waals surface area contributed by atoms with Crippen LogP contribution in [0.5, 0.6) is 0 Å². The van der Waals surface area contributed by atoms with Gasteiger partial charge in [0.15, 0.2) is 0 Å². The fourth-order valence-corrected chi connectivity index (χ4v) is 3.15. The van der Waals surface area contributed by atoms with Crippen molar-refractivity contribution in [2.75, 3.05) is 10.6 Å². The van der Waals surface area contributed by atoms with Crippen molar-refractivity contribution < 1.29 is 9.59 Å². The number of unbranched alkanes of at least 4 members (excludes halogenated alkanes) is 8. The first-order chi connectivity index (χ1) is 14.2. The minimum atomic E-state index is -0.226. The van der Waals surface area contributed by atoms with E-state index in [1.165, 1.54) is 44.9 Å². The zero-order valence-corrected chi connectivity index (χ0v) is 17.5. The van der Waals surface area contributed by atoms with Gasteiger partial charge in [-0.2, -0.15) is 0 Å². The third-order valence-electron chi connectivity index (χ3n) is 4.80. The molecule has 29 heavy (non-hydrogen) atoms. The topological polar surface area (TPSA) is 71.1 Å². The van der Waals surface area contributed by atoms with Crippen LogP contribution in [0.3, 0.4) is 0 Å². The SMILES string of the molecule is CCCCCCCCCCCC(=O)Nc1cccc(NC(=O)c2ccccc2)n1. The molecule has 0 unspecified atom stereocenters. The lowest BCUT2D eigenvalue weighted by Gasteiger charge is -2.08. The van der Waals surface area contributed by atoms with Crippen molar-refractivity contribution in [1.82, 2.24) is 4.98 Å². The summed E-state index contributed by atoms with van der Waals surface area (Å²) in [6.07, 6.45) is 11.5. The monoisotopic (exact) mass is 395 g/mol. The van der Waals surface area contributed by atoms with Gasteiger partial charge in [-0.1, -0.05) is 82.6 Å². The van der Waals surface area contributed by atoms with Gasteiger partial charge < -0.3 is 10.6 Å². The summed E-state index contributed by atoms with van der Waals surface area (Å²) >= 11 is 0. The maximum atomic E-state index is 12.2. The van der Waals surface area contributed by atoms with Crippen LogP contribution >= 0.6 is 0 Å². The molecule has 0 aliphatic carbocycles. The zero-order valence-electron chi connectivity index (χ0n) is 17.5. The fraction of sp³-hybridized carbons (Fsp3) is 0.458. The predicted octanol–water partition coefficient (Wildman–Crippen LogP) is 6.19. The predicted molar refractivity (Wildman–Crippen MR) is 119 cm³/mol. The van der Waals surface area contributed by atoms with Gasteiger partial charge in [0.2, 0.25) is 5.91 Å². The molecule has 0 radical (unpaired) electrons. The first-order valence-corrected chi connectivity index (χ1v) is 10.8. The second kappa shape index (κ2) is 13.5. The standard InChI is InChI=1S/C24H33N3O2/c1-2-3-4-5-6-7-8-9-13-19-23(28)26-21-17-14-18-22(25-21)27-24(29)20-15-11-10-12-16-20/h10-12,14-18H,2-9,13,19H2,1H3,(H2,25,26,27,28,29). The Kier molecular flexibility index (Phi) is 10.5. The van der Waals surface area contributed by atoms with E-state index < -0.39 is 0 Å². The van der Waals surface area contributed by atoms with Crippen LogP contribution < -0.4 is 10.6 Å². The highest BCUT2D eigenvalue weighted by atomic mass is 16.2. The largest absolute Gasteiger partial charge is 0.311 e. The molecule has 0 spiro atoms. The van der Waals surface area contributed by atoms with Crippen molar-refractivity contribution in [3.8, 4) is 0 Å². The van der Waals surface area contributed by atoms with E-state index in [1.807, 2.05) is 18.2 Å². The lowest BCUT2D eigenvalue weighted by Crippen LogP contribution is -2.15. The summed E-state index contributed by atoms with van der Waals surface area (Å²) in [7, 11) is 0. The Morgan fingerprint density at radius 2 is 1.31 bits per heavy atom. The Morgan fingerprint density at radius 3 is 1.97 bits per heavy atom. The zero-order chi connectivity index (χ0) is 20.7. The van der Waals surface area contributed by atoms with Crippen LogP contribution in [-0.2, 0) is 4.79 Å². The highest BCUT2D eigenvalue weighted by Gasteiger charge is 2.08. The number of anilines is 2. The Hall–Kier alpha value is -2.69. The van der Waals surface area contributed by atoms with Crippen LogP contribution in [0.25, 0.3) is 0 Å². The quantitative estimate of drug-likeness (QED) is 0.397. The molecule has 0 saturated carbocycles. The van der Waals surface area contributed by atoms with E-state index in [-0.39, 0.29) is 11.8 Å². The van der Waals surface area contributed by atoms with Gasteiger partial charge in [0.1, 0.15) is 11.6 Å². The van der Waals surface area contributed by atoms with E-state index in [9.17, 15) is 9.59 Å². The molecule has 0 atom stereocenters. The van der Waals surface area contributed by atoms with Crippen LogP contribution in [0.15, 0.2) is 48.5 Å². The van der Waals surface area contributed by atoms with Gasteiger partial charge in [-0.05, 0) is 30.7 Å². The summed E-state index contributed by atoms with van der Waals surface area (Å²) in [6.45, 7) is 2.23. The first kappa shape index (κ1) is 22.6. The number of hydrogen-bond acceptors (Lipinski definition) is 3. The molecule has 1 heterocycles. The number of aromatic nitrogens is 1. The second-order valence-corrected chi connectivity index (χ2v) is 7.35.